The summed E-state index contributed by atoms with van der Waals surface area (Å²) in [6.07, 6.45) is 4.25. The number of hydrogen-bond acceptors (Lipinski definition) is 1. The second-order valence-electron chi connectivity index (χ2n) is 2.57. The molecule has 62 valence electrons. The zero-order valence-corrected chi connectivity index (χ0v) is 7.47. The largest absolute Gasteiger partial charge is 0.376 e. The van der Waals surface area contributed by atoms with Gasteiger partial charge in [0.2, 0.25) is 0 Å². The van der Waals surface area contributed by atoms with Crippen molar-refractivity contribution >= 4 is 11.6 Å². The van der Waals surface area contributed by atoms with Crippen molar-refractivity contribution in [2.75, 3.05) is 0 Å². The Morgan fingerprint density at radius 2 is 2.25 bits per heavy atom. The van der Waals surface area contributed by atoms with Gasteiger partial charge in [-0.1, -0.05) is 23.6 Å². The molecule has 0 spiro atoms. The first kappa shape index (κ1) is 9.12. The van der Waals surface area contributed by atoms with Crippen LogP contribution < -0.4 is 0 Å². The summed E-state index contributed by atoms with van der Waals surface area (Å²) < 4.78 is 0. The van der Waals surface area contributed by atoms with E-state index in [2.05, 4.69) is 5.92 Å². The van der Waals surface area contributed by atoms with Gasteiger partial charge < -0.3 is 5.11 Å². The number of hydrogen-bond donors (Lipinski definition) is 1. The predicted octanol–water partition coefficient (Wildman–Crippen LogP) is 2.32. The summed E-state index contributed by atoms with van der Waals surface area (Å²) in [5, 5.41) is 9.98. The second-order valence-corrected chi connectivity index (χ2v) is 3.01. The van der Waals surface area contributed by atoms with Crippen molar-refractivity contribution in [3.05, 3.63) is 34.3 Å². The van der Waals surface area contributed by atoms with Gasteiger partial charge in [-0.25, -0.2) is 0 Å². The van der Waals surface area contributed by atoms with Crippen molar-refractivity contribution in [3.8, 4) is 12.3 Å². The normalized spacial score (nSPS) is 12.2. The van der Waals surface area contributed by atoms with Gasteiger partial charge in [-0.15, -0.1) is 6.42 Å². The summed E-state index contributed by atoms with van der Waals surface area (Å²) in [5.74, 6) is 2.25. The molecule has 0 aliphatic heterocycles. The van der Waals surface area contributed by atoms with Crippen molar-refractivity contribution in [3.63, 3.8) is 0 Å². The topological polar surface area (TPSA) is 20.2 Å². The third-order valence-corrected chi connectivity index (χ3v) is 1.92. The van der Waals surface area contributed by atoms with E-state index in [0.717, 1.165) is 11.1 Å². The average Bonchev–Trinajstić information content (AvgIpc) is 2.03. The van der Waals surface area contributed by atoms with Crippen LogP contribution >= 0.6 is 11.6 Å². The van der Waals surface area contributed by atoms with Crippen molar-refractivity contribution in [1.82, 2.24) is 0 Å². The molecular weight excluding hydrogens is 172 g/mol. The Bertz CT molecular complexity index is 325. The Balaban J connectivity index is 3.11. The summed E-state index contributed by atoms with van der Waals surface area (Å²) >= 11 is 5.73. The highest BCUT2D eigenvalue weighted by atomic mass is 35.5. The first-order valence-corrected chi connectivity index (χ1v) is 3.93. The van der Waals surface area contributed by atoms with E-state index in [1.165, 1.54) is 0 Å². The quantitative estimate of drug-likeness (QED) is 0.658. The molecule has 1 aromatic carbocycles. The van der Waals surface area contributed by atoms with Crippen LogP contribution in [0.15, 0.2) is 18.2 Å². The Hall–Kier alpha value is -0.970. The number of benzene rings is 1. The summed E-state index contributed by atoms with van der Waals surface area (Å²) in [5.41, 5.74) is 1.65. The van der Waals surface area contributed by atoms with Crippen LogP contribution in [0.1, 0.15) is 17.2 Å². The highest BCUT2D eigenvalue weighted by Gasteiger charge is 2.06. The van der Waals surface area contributed by atoms with E-state index in [1.807, 2.05) is 6.92 Å². The van der Waals surface area contributed by atoms with E-state index in [4.69, 9.17) is 18.0 Å². The van der Waals surface area contributed by atoms with Crippen molar-refractivity contribution < 1.29 is 5.11 Å². The molecule has 0 saturated carbocycles. The van der Waals surface area contributed by atoms with E-state index < -0.39 is 6.10 Å². The summed E-state index contributed by atoms with van der Waals surface area (Å²) in [6, 6.07) is 5.23. The first-order valence-electron chi connectivity index (χ1n) is 3.55. The Kier molecular flexibility index (Phi) is 2.75. The van der Waals surface area contributed by atoms with Crippen LogP contribution in [0.4, 0.5) is 0 Å². The lowest BCUT2D eigenvalue weighted by Crippen LogP contribution is -1.95. The summed E-state index contributed by atoms with van der Waals surface area (Å²) in [4.78, 5) is 0. The number of aryl methyl sites for hydroxylation is 1. The monoisotopic (exact) mass is 180 g/mol. The molecule has 1 aromatic rings. The van der Waals surface area contributed by atoms with E-state index >= 15 is 0 Å². The molecule has 0 aromatic heterocycles. The molecule has 0 bridgehead atoms. The van der Waals surface area contributed by atoms with Crippen molar-refractivity contribution in [2.45, 2.75) is 13.0 Å². The standard InChI is InChI=1S/C10H9ClO/c1-3-10(12)9-5-4-8(11)6-7(9)2/h1,4-6,10,12H,2H3. The molecule has 12 heavy (non-hydrogen) atoms. The number of terminal acetylenes is 1. The van der Waals surface area contributed by atoms with Crippen LogP contribution in [0.3, 0.4) is 0 Å². The van der Waals surface area contributed by atoms with Gasteiger partial charge in [0, 0.05) is 5.02 Å². The second kappa shape index (κ2) is 3.62. The molecular formula is C10H9ClO. The van der Waals surface area contributed by atoms with Gasteiger partial charge in [0.15, 0.2) is 0 Å². The van der Waals surface area contributed by atoms with Crippen LogP contribution in [0.2, 0.25) is 5.02 Å². The van der Waals surface area contributed by atoms with Gasteiger partial charge in [-0.2, -0.15) is 0 Å². The van der Waals surface area contributed by atoms with E-state index in [1.54, 1.807) is 18.2 Å². The number of aliphatic hydroxyl groups is 1. The van der Waals surface area contributed by atoms with Crippen LogP contribution in [0, 0.1) is 19.3 Å². The number of aliphatic hydroxyl groups excluding tert-OH is 1. The molecule has 1 atom stereocenters. The SMILES string of the molecule is C#CC(O)c1ccc(Cl)cc1C. The average molecular weight is 181 g/mol. The van der Waals surface area contributed by atoms with E-state index in [0.29, 0.717) is 5.02 Å². The maximum absolute atomic E-state index is 9.32. The summed E-state index contributed by atoms with van der Waals surface area (Å²) in [7, 11) is 0. The predicted molar refractivity (Wildman–Crippen MR) is 50.0 cm³/mol. The van der Waals surface area contributed by atoms with Gasteiger partial charge in [0.1, 0.15) is 6.10 Å². The lowest BCUT2D eigenvalue weighted by atomic mass is 10.0. The number of rotatable bonds is 1. The molecule has 0 aliphatic rings. The van der Waals surface area contributed by atoms with Gasteiger partial charge in [-0.05, 0) is 30.2 Å². The molecule has 1 nitrogen and oxygen atoms in total. The first-order chi connectivity index (χ1) is 5.65. The molecule has 0 aliphatic carbocycles. The zero-order valence-electron chi connectivity index (χ0n) is 6.71. The van der Waals surface area contributed by atoms with Crippen molar-refractivity contribution in [2.24, 2.45) is 0 Å². The number of halogens is 1. The van der Waals surface area contributed by atoms with Gasteiger partial charge in [0.25, 0.3) is 0 Å². The molecule has 2 heteroatoms. The fraction of sp³-hybridized carbons (Fsp3) is 0.200. The molecule has 1 rings (SSSR count). The molecule has 0 fully saturated rings. The van der Waals surface area contributed by atoms with Gasteiger partial charge in [0.05, 0.1) is 0 Å². The highest BCUT2D eigenvalue weighted by Crippen LogP contribution is 2.20. The Morgan fingerprint density at radius 1 is 1.58 bits per heavy atom. The third-order valence-electron chi connectivity index (χ3n) is 1.68. The van der Waals surface area contributed by atoms with E-state index in [9.17, 15) is 5.11 Å². The molecule has 0 saturated heterocycles. The van der Waals surface area contributed by atoms with Crippen LogP contribution in [0.25, 0.3) is 0 Å². The zero-order chi connectivity index (χ0) is 9.14. The maximum atomic E-state index is 9.32. The molecule has 1 unspecified atom stereocenters. The fourth-order valence-electron chi connectivity index (χ4n) is 1.04. The lowest BCUT2D eigenvalue weighted by molar-refractivity contribution is 0.238. The highest BCUT2D eigenvalue weighted by molar-refractivity contribution is 6.30. The molecule has 1 N–H and O–H groups in total. The molecule has 0 heterocycles. The maximum Gasteiger partial charge on any atom is 0.140 e. The van der Waals surface area contributed by atoms with Gasteiger partial charge >= 0.3 is 0 Å². The summed E-state index contributed by atoms with van der Waals surface area (Å²) in [6.45, 7) is 1.86. The molecule has 0 amide bonds. The van der Waals surface area contributed by atoms with Crippen LogP contribution in [0.5, 0.6) is 0 Å². The lowest BCUT2D eigenvalue weighted by Gasteiger charge is -2.07. The van der Waals surface area contributed by atoms with E-state index in [-0.39, 0.29) is 0 Å². The van der Waals surface area contributed by atoms with Gasteiger partial charge in [-0.3, -0.25) is 0 Å². The van der Waals surface area contributed by atoms with Crippen LogP contribution in [-0.4, -0.2) is 5.11 Å². The van der Waals surface area contributed by atoms with Crippen molar-refractivity contribution in [1.29, 1.82) is 0 Å². The minimum absolute atomic E-state index is 0.653. The third kappa shape index (κ3) is 1.79. The minimum Gasteiger partial charge on any atom is -0.376 e. The van der Waals surface area contributed by atoms with Crippen LogP contribution in [-0.2, 0) is 0 Å². The minimum atomic E-state index is -0.831. The fourth-order valence-corrected chi connectivity index (χ4v) is 1.26. The smallest absolute Gasteiger partial charge is 0.140 e. The Labute approximate surface area is 77.0 Å². The molecule has 0 radical (unpaired) electrons. The Morgan fingerprint density at radius 3 is 2.75 bits per heavy atom.